The van der Waals surface area contributed by atoms with Crippen LogP contribution in [-0.4, -0.2) is 71.2 Å². The van der Waals surface area contributed by atoms with Crippen molar-refractivity contribution in [1.82, 2.24) is 4.90 Å². The number of nitrogens with zero attached hydrogens (tertiary/aromatic N) is 1. The summed E-state index contributed by atoms with van der Waals surface area (Å²) >= 11 is 6.10. The van der Waals surface area contributed by atoms with Gasteiger partial charge in [-0.3, -0.25) is 0 Å². The number of piperidine rings is 1. The van der Waals surface area contributed by atoms with Crippen molar-refractivity contribution in [2.75, 3.05) is 31.6 Å². The monoisotopic (exact) mass is 563 g/mol. The lowest BCUT2D eigenvalue weighted by atomic mass is 9.87. The molecule has 1 saturated heterocycles. The Labute approximate surface area is 220 Å². The minimum Gasteiger partial charge on any atom is -0.489 e. The van der Waals surface area contributed by atoms with E-state index in [1.54, 1.807) is 0 Å². The first-order valence-corrected chi connectivity index (χ1v) is 11.8. The SMILES string of the molecule is NC(=O)Nc1ccc(F)cc1OC[C@@H](O)CN1CCC2(CC1)Cc1cc(Cl)ccc1O2.O=C(O)C(F)(F)F. The van der Waals surface area contributed by atoms with Crippen molar-refractivity contribution in [2.24, 2.45) is 5.73 Å². The number of aliphatic hydroxyl groups excluding tert-OH is 1. The molecule has 208 valence electrons. The van der Waals surface area contributed by atoms with Crippen molar-refractivity contribution in [3.8, 4) is 11.5 Å². The van der Waals surface area contributed by atoms with Crippen molar-refractivity contribution in [2.45, 2.75) is 37.1 Å². The number of carbonyl (C=O) groups excluding carboxylic acids is 1. The summed E-state index contributed by atoms with van der Waals surface area (Å²) in [6, 6.07) is 8.64. The van der Waals surface area contributed by atoms with Crippen molar-refractivity contribution in [1.29, 1.82) is 0 Å². The fourth-order valence-corrected chi connectivity index (χ4v) is 4.41. The van der Waals surface area contributed by atoms with Crippen LogP contribution >= 0.6 is 11.6 Å². The van der Waals surface area contributed by atoms with E-state index in [4.69, 9.17) is 36.7 Å². The lowest BCUT2D eigenvalue weighted by Crippen LogP contribution is -2.49. The summed E-state index contributed by atoms with van der Waals surface area (Å²) in [5, 5.41) is 20.6. The number of aliphatic carboxylic acids is 1. The van der Waals surface area contributed by atoms with Gasteiger partial charge in [0.15, 0.2) is 0 Å². The van der Waals surface area contributed by atoms with E-state index in [1.807, 2.05) is 18.2 Å². The first-order chi connectivity index (χ1) is 17.8. The molecule has 2 aromatic carbocycles. The number of benzene rings is 2. The van der Waals surface area contributed by atoms with Crippen LogP contribution < -0.4 is 20.5 Å². The Bertz CT molecular complexity index is 1160. The van der Waals surface area contributed by atoms with E-state index < -0.39 is 30.1 Å². The summed E-state index contributed by atoms with van der Waals surface area (Å²) in [5.74, 6) is -2.25. The van der Waals surface area contributed by atoms with Gasteiger partial charge in [0.1, 0.15) is 35.6 Å². The van der Waals surface area contributed by atoms with Crippen LogP contribution in [0.1, 0.15) is 18.4 Å². The zero-order valence-corrected chi connectivity index (χ0v) is 20.7. The average molecular weight is 564 g/mol. The maximum atomic E-state index is 13.5. The number of urea groups is 1. The maximum Gasteiger partial charge on any atom is 0.490 e. The molecule has 0 radical (unpaired) electrons. The van der Waals surface area contributed by atoms with E-state index in [2.05, 4.69) is 10.2 Å². The molecule has 5 N–H and O–H groups in total. The molecule has 0 bridgehead atoms. The van der Waals surface area contributed by atoms with Gasteiger partial charge >= 0.3 is 18.2 Å². The smallest absolute Gasteiger partial charge is 0.489 e. The molecular weight excluding hydrogens is 538 g/mol. The summed E-state index contributed by atoms with van der Waals surface area (Å²) < 4.78 is 57.1. The third-order valence-electron chi connectivity index (χ3n) is 5.97. The molecule has 2 aliphatic rings. The number of nitrogens with one attached hydrogen (secondary N) is 1. The van der Waals surface area contributed by atoms with Gasteiger partial charge in [-0.05, 0) is 35.9 Å². The molecule has 2 amide bonds. The van der Waals surface area contributed by atoms with E-state index in [1.165, 1.54) is 12.1 Å². The quantitative estimate of drug-likeness (QED) is 0.393. The van der Waals surface area contributed by atoms with E-state index in [9.17, 15) is 27.5 Å². The van der Waals surface area contributed by atoms with Gasteiger partial charge < -0.3 is 35.6 Å². The summed E-state index contributed by atoms with van der Waals surface area (Å²) in [6.45, 7) is 1.95. The number of ether oxygens (including phenoxy) is 2. The molecule has 4 rings (SSSR count). The van der Waals surface area contributed by atoms with Crippen molar-refractivity contribution in [3.63, 3.8) is 0 Å². The number of primary amides is 1. The number of hydrogen-bond acceptors (Lipinski definition) is 6. The summed E-state index contributed by atoms with van der Waals surface area (Å²) in [4.78, 5) is 22.1. The molecule has 2 aliphatic heterocycles. The fraction of sp³-hybridized carbons (Fsp3) is 0.417. The highest BCUT2D eigenvalue weighted by Crippen LogP contribution is 2.42. The molecule has 1 atom stereocenters. The van der Waals surface area contributed by atoms with Gasteiger partial charge in [0, 0.05) is 50.0 Å². The summed E-state index contributed by atoms with van der Waals surface area (Å²) in [6.07, 6.45) is -3.32. The number of likely N-dealkylation sites (tertiary alicyclic amines) is 1. The van der Waals surface area contributed by atoms with Gasteiger partial charge in [0.2, 0.25) is 0 Å². The first kappa shape index (κ1) is 29.3. The Hall–Kier alpha value is -3.29. The lowest BCUT2D eigenvalue weighted by molar-refractivity contribution is -0.192. The van der Waals surface area contributed by atoms with Crippen molar-refractivity contribution in [3.05, 3.63) is 52.8 Å². The second-order valence-electron chi connectivity index (χ2n) is 8.91. The molecule has 2 aromatic rings. The third-order valence-corrected chi connectivity index (χ3v) is 6.21. The number of carboxylic acid groups (broad SMARTS) is 1. The predicted octanol–water partition coefficient (Wildman–Crippen LogP) is 3.81. The van der Waals surface area contributed by atoms with Crippen molar-refractivity contribution < 1.29 is 46.8 Å². The fourth-order valence-electron chi connectivity index (χ4n) is 4.21. The largest absolute Gasteiger partial charge is 0.490 e. The van der Waals surface area contributed by atoms with Gasteiger partial charge in [-0.2, -0.15) is 13.2 Å². The van der Waals surface area contributed by atoms with Crippen LogP contribution in [0.3, 0.4) is 0 Å². The predicted molar refractivity (Wildman–Crippen MR) is 129 cm³/mol. The molecule has 0 aromatic heterocycles. The number of nitrogens with two attached hydrogens (primary N) is 1. The molecule has 0 saturated carbocycles. The molecule has 2 heterocycles. The highest BCUT2D eigenvalue weighted by Gasteiger charge is 2.42. The summed E-state index contributed by atoms with van der Waals surface area (Å²) in [7, 11) is 0. The molecule has 9 nitrogen and oxygen atoms in total. The first-order valence-electron chi connectivity index (χ1n) is 11.4. The lowest BCUT2D eigenvalue weighted by Gasteiger charge is -2.39. The number of rotatable bonds is 6. The number of aliphatic hydroxyl groups is 1. The van der Waals surface area contributed by atoms with E-state index in [0.717, 1.165) is 49.7 Å². The second-order valence-corrected chi connectivity index (χ2v) is 9.35. The van der Waals surface area contributed by atoms with E-state index >= 15 is 0 Å². The van der Waals surface area contributed by atoms with Gasteiger partial charge in [-0.15, -0.1) is 0 Å². The van der Waals surface area contributed by atoms with Crippen LogP contribution in [-0.2, 0) is 11.2 Å². The number of carbonyl (C=O) groups is 2. The molecule has 38 heavy (non-hydrogen) atoms. The third kappa shape index (κ3) is 8.10. The van der Waals surface area contributed by atoms with Gasteiger partial charge in [-0.1, -0.05) is 11.6 Å². The van der Waals surface area contributed by atoms with E-state index in [-0.39, 0.29) is 23.6 Å². The van der Waals surface area contributed by atoms with Gasteiger partial charge in [0.05, 0.1) is 5.69 Å². The van der Waals surface area contributed by atoms with Crippen LogP contribution in [0.15, 0.2) is 36.4 Å². The highest BCUT2D eigenvalue weighted by atomic mass is 35.5. The summed E-state index contributed by atoms with van der Waals surface area (Å²) in [5.41, 5.74) is 6.31. The number of anilines is 1. The maximum absolute atomic E-state index is 13.5. The number of fused-ring (bicyclic) bond motifs is 1. The normalized spacial score (nSPS) is 17.0. The molecule has 1 spiro atoms. The Morgan fingerprint density at radius 3 is 2.47 bits per heavy atom. The Morgan fingerprint density at radius 1 is 1.21 bits per heavy atom. The minimum atomic E-state index is -5.08. The zero-order valence-electron chi connectivity index (χ0n) is 19.9. The molecular formula is C24H26ClF4N3O6. The number of β-amino-alcohol motifs (C(OH)–C–C–N with tert-alkyl or cyclic N) is 1. The Morgan fingerprint density at radius 2 is 1.87 bits per heavy atom. The Kier molecular flexibility index (Phi) is 9.28. The highest BCUT2D eigenvalue weighted by molar-refractivity contribution is 6.30. The van der Waals surface area contributed by atoms with Gasteiger partial charge in [-0.25, -0.2) is 14.0 Å². The number of carboxylic acids is 1. The van der Waals surface area contributed by atoms with Gasteiger partial charge in [0.25, 0.3) is 0 Å². The van der Waals surface area contributed by atoms with Crippen LogP contribution in [0.5, 0.6) is 11.5 Å². The number of alkyl halides is 3. The molecule has 0 aliphatic carbocycles. The van der Waals surface area contributed by atoms with Crippen LogP contribution in [0.25, 0.3) is 0 Å². The van der Waals surface area contributed by atoms with E-state index in [0.29, 0.717) is 11.6 Å². The Balaban J connectivity index is 0.000000505. The topological polar surface area (TPSA) is 134 Å². The molecule has 1 fully saturated rings. The van der Waals surface area contributed by atoms with Crippen LogP contribution in [0, 0.1) is 5.82 Å². The average Bonchev–Trinajstić information content (AvgIpc) is 3.17. The standard InChI is InChI=1S/C22H25ClFN3O4.C2HF3O2/c23-15-1-4-19-14(9-15)11-22(31-19)5-7-27(8-6-22)12-17(28)13-30-20-10-16(24)2-3-18(20)26-21(25)29;3-2(4,5)1(6)7/h1-4,9-10,17,28H,5-8,11-13H2,(H3,25,26,29);(H,6,7)/t17-;/m0./s1. The zero-order chi connectivity index (χ0) is 28.1. The number of hydrogen-bond donors (Lipinski definition) is 4. The second kappa shape index (κ2) is 12.0. The number of halogens is 5. The van der Waals surface area contributed by atoms with Crippen molar-refractivity contribution >= 4 is 29.3 Å². The van der Waals surface area contributed by atoms with Crippen LogP contribution in [0.4, 0.5) is 28.0 Å². The number of amides is 2. The minimum absolute atomic E-state index is 0.0427. The molecule has 14 heteroatoms. The molecule has 0 unspecified atom stereocenters. The van der Waals surface area contributed by atoms with Crippen LogP contribution in [0.2, 0.25) is 5.02 Å².